The summed E-state index contributed by atoms with van der Waals surface area (Å²) in [5.74, 6) is 0.894. The predicted molar refractivity (Wildman–Crippen MR) is 97.3 cm³/mol. The Hall–Kier alpha value is -0.830. The molecule has 0 spiro atoms. The number of aryl methyl sites for hydroxylation is 1. The molecule has 1 atom stereocenters. The van der Waals surface area contributed by atoms with E-state index in [9.17, 15) is 0 Å². The molecule has 6 nitrogen and oxygen atoms in total. The molecule has 7 heteroatoms. The first-order valence-corrected chi connectivity index (χ1v) is 7.42. The Balaban J connectivity index is 0.00000220. The van der Waals surface area contributed by atoms with Crippen LogP contribution in [-0.2, 0) is 6.54 Å². The number of nitrogens with zero attached hydrogens (tertiary/aromatic N) is 4. The van der Waals surface area contributed by atoms with E-state index in [0.717, 1.165) is 32.0 Å². The molecule has 120 valence electrons. The van der Waals surface area contributed by atoms with Crippen LogP contribution in [0.1, 0.15) is 19.3 Å². The van der Waals surface area contributed by atoms with Gasteiger partial charge in [0.2, 0.25) is 0 Å². The summed E-state index contributed by atoms with van der Waals surface area (Å²) in [6.45, 7) is 4.01. The largest absolute Gasteiger partial charge is 0.356 e. The number of rotatable bonds is 6. The highest BCUT2D eigenvalue weighted by Crippen LogP contribution is 2.13. The van der Waals surface area contributed by atoms with Gasteiger partial charge in [-0.15, -0.1) is 24.0 Å². The molecule has 2 heterocycles. The highest BCUT2D eigenvalue weighted by molar-refractivity contribution is 14.0. The van der Waals surface area contributed by atoms with E-state index in [1.165, 1.54) is 19.4 Å². The molecule has 0 radical (unpaired) electrons. The molecule has 1 aromatic heterocycles. The number of guanidine groups is 1. The fourth-order valence-electron chi connectivity index (χ4n) is 2.55. The van der Waals surface area contributed by atoms with E-state index in [4.69, 9.17) is 0 Å². The van der Waals surface area contributed by atoms with Crippen LogP contribution in [0.3, 0.4) is 0 Å². The Morgan fingerprint density at radius 3 is 2.90 bits per heavy atom. The van der Waals surface area contributed by atoms with Gasteiger partial charge in [0.15, 0.2) is 5.96 Å². The van der Waals surface area contributed by atoms with Crippen LogP contribution in [0, 0.1) is 0 Å². The molecular weight excluding hydrogens is 379 g/mol. The second kappa shape index (κ2) is 9.99. The monoisotopic (exact) mass is 406 g/mol. The first-order chi connectivity index (χ1) is 9.79. The minimum Gasteiger partial charge on any atom is -0.356 e. The summed E-state index contributed by atoms with van der Waals surface area (Å²) >= 11 is 0. The van der Waals surface area contributed by atoms with Crippen molar-refractivity contribution in [2.45, 2.75) is 31.8 Å². The summed E-state index contributed by atoms with van der Waals surface area (Å²) in [7, 11) is 4.01. The minimum absolute atomic E-state index is 0. The van der Waals surface area contributed by atoms with Gasteiger partial charge < -0.3 is 15.5 Å². The topological polar surface area (TPSA) is 57.5 Å². The number of hydrogen-bond acceptors (Lipinski definition) is 3. The molecule has 1 aromatic rings. The number of hydrogen-bond donors (Lipinski definition) is 2. The lowest BCUT2D eigenvalue weighted by Crippen LogP contribution is -2.44. The van der Waals surface area contributed by atoms with Crippen molar-refractivity contribution in [3.05, 3.63) is 18.5 Å². The molecule has 0 amide bonds. The van der Waals surface area contributed by atoms with E-state index in [0.29, 0.717) is 6.04 Å². The summed E-state index contributed by atoms with van der Waals surface area (Å²) in [5, 5.41) is 10.9. The maximum Gasteiger partial charge on any atom is 0.191 e. The summed E-state index contributed by atoms with van der Waals surface area (Å²) in [5.41, 5.74) is 0. The Kier molecular flexibility index (Phi) is 8.67. The SMILES string of the molecule is CN=C(NCCCn1cccn1)NCC1CCCN1C.I. The summed E-state index contributed by atoms with van der Waals surface area (Å²) in [6, 6.07) is 2.59. The molecule has 0 saturated carbocycles. The second-order valence-electron chi connectivity index (χ2n) is 5.28. The number of likely N-dealkylation sites (N-methyl/N-ethyl adjacent to an activating group) is 1. The lowest BCUT2D eigenvalue weighted by molar-refractivity contribution is 0.309. The van der Waals surface area contributed by atoms with E-state index in [1.54, 1.807) is 0 Å². The fourth-order valence-corrected chi connectivity index (χ4v) is 2.55. The van der Waals surface area contributed by atoms with Crippen LogP contribution in [-0.4, -0.2) is 60.4 Å². The van der Waals surface area contributed by atoms with E-state index < -0.39 is 0 Å². The van der Waals surface area contributed by atoms with E-state index in [1.807, 2.05) is 30.2 Å². The van der Waals surface area contributed by atoms with Gasteiger partial charge in [-0.1, -0.05) is 0 Å². The molecule has 2 rings (SSSR count). The third kappa shape index (κ3) is 6.21. The first kappa shape index (κ1) is 18.2. The lowest BCUT2D eigenvalue weighted by Gasteiger charge is -2.21. The van der Waals surface area contributed by atoms with Gasteiger partial charge in [0.25, 0.3) is 0 Å². The number of likely N-dealkylation sites (tertiary alicyclic amines) is 1. The van der Waals surface area contributed by atoms with Gasteiger partial charge in [-0.3, -0.25) is 9.67 Å². The van der Waals surface area contributed by atoms with Crippen LogP contribution in [0.15, 0.2) is 23.5 Å². The van der Waals surface area contributed by atoms with Gasteiger partial charge >= 0.3 is 0 Å². The van der Waals surface area contributed by atoms with Crippen LogP contribution in [0.2, 0.25) is 0 Å². The summed E-state index contributed by atoms with van der Waals surface area (Å²) in [4.78, 5) is 6.68. The van der Waals surface area contributed by atoms with E-state index in [-0.39, 0.29) is 24.0 Å². The highest BCUT2D eigenvalue weighted by Gasteiger charge is 2.20. The predicted octanol–water partition coefficient (Wildman–Crippen LogP) is 1.15. The number of nitrogens with one attached hydrogen (secondary N) is 2. The fraction of sp³-hybridized carbons (Fsp3) is 0.714. The molecule has 1 unspecified atom stereocenters. The first-order valence-electron chi connectivity index (χ1n) is 7.42. The minimum atomic E-state index is 0. The van der Waals surface area contributed by atoms with E-state index in [2.05, 4.69) is 32.7 Å². The Morgan fingerprint density at radius 2 is 2.29 bits per heavy atom. The average molecular weight is 406 g/mol. The third-order valence-electron chi connectivity index (χ3n) is 3.82. The third-order valence-corrected chi connectivity index (χ3v) is 3.82. The van der Waals surface area contributed by atoms with Gasteiger partial charge in [0.05, 0.1) is 0 Å². The van der Waals surface area contributed by atoms with Crippen molar-refractivity contribution in [3.8, 4) is 0 Å². The molecule has 21 heavy (non-hydrogen) atoms. The van der Waals surface area contributed by atoms with Crippen LogP contribution in [0.25, 0.3) is 0 Å². The van der Waals surface area contributed by atoms with Crippen molar-refractivity contribution in [1.29, 1.82) is 0 Å². The molecule has 2 N–H and O–H groups in total. The van der Waals surface area contributed by atoms with E-state index >= 15 is 0 Å². The smallest absolute Gasteiger partial charge is 0.191 e. The van der Waals surface area contributed by atoms with Crippen LogP contribution < -0.4 is 10.6 Å². The number of aliphatic imine (C=N–C) groups is 1. The quantitative estimate of drug-likeness (QED) is 0.322. The molecule has 1 aliphatic rings. The second-order valence-corrected chi connectivity index (χ2v) is 5.28. The van der Waals surface area contributed by atoms with Gasteiger partial charge in [-0.25, -0.2) is 0 Å². The number of halogens is 1. The molecular formula is C14H27IN6. The molecule has 0 aromatic carbocycles. The summed E-state index contributed by atoms with van der Waals surface area (Å²) in [6.07, 6.45) is 7.42. The Bertz CT molecular complexity index is 406. The van der Waals surface area contributed by atoms with Gasteiger partial charge in [-0.05, 0) is 38.9 Å². The lowest BCUT2D eigenvalue weighted by atomic mass is 10.2. The van der Waals surface area contributed by atoms with Crippen LogP contribution in [0.4, 0.5) is 0 Å². The van der Waals surface area contributed by atoms with Crippen molar-refractivity contribution in [2.75, 3.05) is 33.7 Å². The van der Waals surface area contributed by atoms with Crippen molar-refractivity contribution in [1.82, 2.24) is 25.3 Å². The van der Waals surface area contributed by atoms with Gasteiger partial charge in [-0.2, -0.15) is 5.10 Å². The molecule has 0 bridgehead atoms. The zero-order chi connectivity index (χ0) is 14.2. The van der Waals surface area contributed by atoms with Crippen LogP contribution >= 0.6 is 24.0 Å². The average Bonchev–Trinajstić information content (AvgIpc) is 3.10. The molecule has 1 fully saturated rings. The molecule has 1 saturated heterocycles. The molecule has 0 aliphatic carbocycles. The van der Waals surface area contributed by atoms with Gasteiger partial charge in [0, 0.05) is 45.1 Å². The Labute approximate surface area is 144 Å². The van der Waals surface area contributed by atoms with Crippen molar-refractivity contribution < 1.29 is 0 Å². The zero-order valence-corrected chi connectivity index (χ0v) is 15.3. The maximum absolute atomic E-state index is 4.26. The summed E-state index contributed by atoms with van der Waals surface area (Å²) < 4.78 is 1.95. The van der Waals surface area contributed by atoms with Crippen molar-refractivity contribution in [3.63, 3.8) is 0 Å². The van der Waals surface area contributed by atoms with Gasteiger partial charge in [0.1, 0.15) is 0 Å². The maximum atomic E-state index is 4.26. The normalized spacial score (nSPS) is 19.3. The Morgan fingerprint density at radius 1 is 1.43 bits per heavy atom. The highest BCUT2D eigenvalue weighted by atomic mass is 127. The number of aromatic nitrogens is 2. The zero-order valence-electron chi connectivity index (χ0n) is 13.0. The van der Waals surface area contributed by atoms with Crippen molar-refractivity contribution >= 4 is 29.9 Å². The molecule has 1 aliphatic heterocycles. The van der Waals surface area contributed by atoms with Crippen LogP contribution in [0.5, 0.6) is 0 Å². The standard InChI is InChI=1S/C14H26N6.HI/c1-15-14(17-12-13-6-3-9-19(13)2)16-7-4-10-20-11-5-8-18-20;/h5,8,11,13H,3-4,6-7,9-10,12H2,1-2H3,(H2,15,16,17);1H. The van der Waals surface area contributed by atoms with Crippen molar-refractivity contribution in [2.24, 2.45) is 4.99 Å².